The van der Waals surface area contributed by atoms with E-state index in [1.807, 2.05) is 36.1 Å². The summed E-state index contributed by atoms with van der Waals surface area (Å²) in [6.45, 7) is 3.36. The molecule has 23 heavy (non-hydrogen) atoms. The highest BCUT2D eigenvalue weighted by molar-refractivity contribution is 5.83. The molecular formula is C18H25NO4. The molecule has 126 valence electrons. The van der Waals surface area contributed by atoms with E-state index in [2.05, 4.69) is 0 Å². The summed E-state index contributed by atoms with van der Waals surface area (Å²) in [5.74, 6) is 0.237. The number of nitrogens with zero attached hydrogens (tertiary/aromatic N) is 1. The average Bonchev–Trinajstić information content (AvgIpc) is 2.59. The number of benzene rings is 1. The Balaban J connectivity index is 1.96. The smallest absolute Gasteiger partial charge is 0.303 e. The first-order chi connectivity index (χ1) is 11.0. The van der Waals surface area contributed by atoms with E-state index in [0.717, 1.165) is 30.7 Å². The molecule has 0 bridgehead atoms. The van der Waals surface area contributed by atoms with Crippen molar-refractivity contribution in [3.63, 3.8) is 0 Å². The molecule has 0 aromatic heterocycles. The lowest BCUT2D eigenvalue weighted by Gasteiger charge is -2.34. The van der Waals surface area contributed by atoms with E-state index in [4.69, 9.17) is 9.84 Å². The quantitative estimate of drug-likeness (QED) is 0.875. The van der Waals surface area contributed by atoms with Crippen molar-refractivity contribution in [1.29, 1.82) is 0 Å². The highest BCUT2D eigenvalue weighted by Gasteiger charge is 2.27. The molecule has 0 spiro atoms. The van der Waals surface area contributed by atoms with Crippen molar-refractivity contribution in [2.24, 2.45) is 5.92 Å². The van der Waals surface area contributed by atoms with Crippen LogP contribution in [0.25, 0.3) is 0 Å². The van der Waals surface area contributed by atoms with Crippen LogP contribution in [0.15, 0.2) is 24.3 Å². The van der Waals surface area contributed by atoms with Crippen LogP contribution in [-0.2, 0) is 9.59 Å². The topological polar surface area (TPSA) is 66.8 Å². The second kappa shape index (κ2) is 7.99. The highest BCUT2D eigenvalue weighted by Crippen LogP contribution is 2.26. The summed E-state index contributed by atoms with van der Waals surface area (Å²) < 4.78 is 5.14. The van der Waals surface area contributed by atoms with Crippen molar-refractivity contribution in [1.82, 2.24) is 4.90 Å². The fourth-order valence-electron chi connectivity index (χ4n) is 3.14. The van der Waals surface area contributed by atoms with Crippen LogP contribution in [0.4, 0.5) is 0 Å². The van der Waals surface area contributed by atoms with Crippen LogP contribution in [-0.4, -0.2) is 42.1 Å². The summed E-state index contributed by atoms with van der Waals surface area (Å²) in [5.41, 5.74) is 0.975. The predicted molar refractivity (Wildman–Crippen MR) is 87.6 cm³/mol. The van der Waals surface area contributed by atoms with Crippen molar-refractivity contribution in [3.05, 3.63) is 29.8 Å². The molecule has 1 aromatic rings. The fraction of sp³-hybridized carbons (Fsp3) is 0.556. The fourth-order valence-corrected chi connectivity index (χ4v) is 3.14. The molecular weight excluding hydrogens is 294 g/mol. The van der Waals surface area contributed by atoms with Gasteiger partial charge in [0.05, 0.1) is 13.0 Å². The van der Waals surface area contributed by atoms with E-state index < -0.39 is 5.97 Å². The Labute approximate surface area is 137 Å². The number of carboxylic acids is 1. The van der Waals surface area contributed by atoms with Gasteiger partial charge in [-0.25, -0.2) is 0 Å². The molecule has 1 amide bonds. The largest absolute Gasteiger partial charge is 0.497 e. The first kappa shape index (κ1) is 17.3. The maximum Gasteiger partial charge on any atom is 0.303 e. The van der Waals surface area contributed by atoms with Crippen LogP contribution in [0, 0.1) is 5.92 Å². The van der Waals surface area contributed by atoms with Crippen LogP contribution in [0.1, 0.15) is 44.1 Å². The number of carbonyl (C=O) groups is 2. The van der Waals surface area contributed by atoms with Crippen molar-refractivity contribution < 1.29 is 19.4 Å². The highest BCUT2D eigenvalue weighted by atomic mass is 16.5. The van der Waals surface area contributed by atoms with Crippen LogP contribution in [0.3, 0.4) is 0 Å². The van der Waals surface area contributed by atoms with E-state index >= 15 is 0 Å². The van der Waals surface area contributed by atoms with Gasteiger partial charge >= 0.3 is 5.97 Å². The maximum absolute atomic E-state index is 12.7. The standard InChI is InChI=1S/C18H25NO4/c1-13(15-6-8-16(23-2)9-7-15)18(22)19-11-3-4-14(12-19)5-10-17(20)21/h6-9,13-14H,3-5,10-12H2,1-2H3,(H,20,21)/t13-,14+/m0/s1. The number of carbonyl (C=O) groups excluding carboxylic acids is 1. The van der Waals surface area contributed by atoms with Gasteiger partial charge in [-0.05, 0) is 49.8 Å². The van der Waals surface area contributed by atoms with Gasteiger partial charge in [0.25, 0.3) is 0 Å². The third-order valence-corrected chi connectivity index (χ3v) is 4.58. The van der Waals surface area contributed by atoms with Crippen LogP contribution < -0.4 is 4.74 Å². The Kier molecular flexibility index (Phi) is 6.02. The number of amides is 1. The van der Waals surface area contributed by atoms with Crippen molar-refractivity contribution >= 4 is 11.9 Å². The van der Waals surface area contributed by atoms with Crippen molar-refractivity contribution in [3.8, 4) is 5.75 Å². The minimum absolute atomic E-state index is 0.121. The summed E-state index contributed by atoms with van der Waals surface area (Å²) in [4.78, 5) is 25.3. The Hall–Kier alpha value is -2.04. The van der Waals surface area contributed by atoms with Crippen LogP contribution in [0.5, 0.6) is 5.75 Å². The third kappa shape index (κ3) is 4.71. The molecule has 1 heterocycles. The molecule has 1 saturated heterocycles. The van der Waals surface area contributed by atoms with Gasteiger partial charge < -0.3 is 14.7 Å². The molecule has 0 radical (unpaired) electrons. The zero-order valence-corrected chi connectivity index (χ0v) is 13.8. The van der Waals surface area contributed by atoms with Gasteiger partial charge in [-0.2, -0.15) is 0 Å². The number of ether oxygens (including phenoxy) is 1. The molecule has 0 aliphatic carbocycles. The third-order valence-electron chi connectivity index (χ3n) is 4.58. The molecule has 0 unspecified atom stereocenters. The minimum Gasteiger partial charge on any atom is -0.497 e. The number of aliphatic carboxylic acids is 1. The molecule has 1 aliphatic rings. The molecule has 5 nitrogen and oxygen atoms in total. The number of hydrogen-bond donors (Lipinski definition) is 1. The zero-order valence-electron chi connectivity index (χ0n) is 13.8. The SMILES string of the molecule is COc1ccc([C@H](C)C(=O)N2CCC[C@H](CCC(=O)O)C2)cc1. The van der Waals surface area contributed by atoms with E-state index in [-0.39, 0.29) is 18.2 Å². The predicted octanol–water partition coefficient (Wildman–Crippen LogP) is 2.90. The van der Waals surface area contributed by atoms with Gasteiger partial charge in [0, 0.05) is 19.5 Å². The lowest BCUT2D eigenvalue weighted by atomic mass is 9.91. The number of hydrogen-bond acceptors (Lipinski definition) is 3. The lowest BCUT2D eigenvalue weighted by molar-refractivity contribution is -0.137. The second-order valence-corrected chi connectivity index (χ2v) is 6.22. The molecule has 2 atom stereocenters. The second-order valence-electron chi connectivity index (χ2n) is 6.22. The molecule has 2 rings (SSSR count). The maximum atomic E-state index is 12.7. The summed E-state index contributed by atoms with van der Waals surface area (Å²) in [6, 6.07) is 7.58. The first-order valence-electron chi connectivity index (χ1n) is 8.15. The number of rotatable bonds is 6. The Morgan fingerprint density at radius 3 is 2.65 bits per heavy atom. The van der Waals surface area contributed by atoms with Crippen LogP contribution >= 0.6 is 0 Å². The number of likely N-dealkylation sites (tertiary alicyclic amines) is 1. The number of piperidine rings is 1. The van der Waals surface area contributed by atoms with Gasteiger partial charge in [-0.15, -0.1) is 0 Å². The molecule has 1 N–H and O–H groups in total. The van der Waals surface area contributed by atoms with Gasteiger partial charge in [0.1, 0.15) is 5.75 Å². The van der Waals surface area contributed by atoms with E-state index in [1.165, 1.54) is 0 Å². The summed E-state index contributed by atoms with van der Waals surface area (Å²) in [5, 5.41) is 8.81. The lowest BCUT2D eigenvalue weighted by Crippen LogP contribution is -2.42. The Bertz CT molecular complexity index is 540. The first-order valence-corrected chi connectivity index (χ1v) is 8.15. The molecule has 5 heteroatoms. The number of methoxy groups -OCH3 is 1. The van der Waals surface area contributed by atoms with Gasteiger partial charge in [-0.3, -0.25) is 9.59 Å². The van der Waals surface area contributed by atoms with Gasteiger partial charge in [-0.1, -0.05) is 12.1 Å². The van der Waals surface area contributed by atoms with Crippen LogP contribution in [0.2, 0.25) is 0 Å². The van der Waals surface area contributed by atoms with Gasteiger partial charge in [0.15, 0.2) is 0 Å². The molecule has 1 fully saturated rings. The monoisotopic (exact) mass is 319 g/mol. The van der Waals surface area contributed by atoms with Gasteiger partial charge in [0.2, 0.25) is 5.91 Å². The zero-order chi connectivity index (χ0) is 16.8. The molecule has 1 aliphatic heterocycles. The molecule has 0 saturated carbocycles. The number of carboxylic acid groups (broad SMARTS) is 1. The van der Waals surface area contributed by atoms with E-state index in [9.17, 15) is 9.59 Å². The normalized spacial score (nSPS) is 19.2. The Morgan fingerprint density at radius 2 is 2.04 bits per heavy atom. The van der Waals surface area contributed by atoms with E-state index in [0.29, 0.717) is 18.9 Å². The average molecular weight is 319 g/mol. The summed E-state index contributed by atoms with van der Waals surface area (Å²) >= 11 is 0. The molecule has 1 aromatic carbocycles. The summed E-state index contributed by atoms with van der Waals surface area (Å²) in [6.07, 6.45) is 2.79. The minimum atomic E-state index is -0.764. The summed E-state index contributed by atoms with van der Waals surface area (Å²) in [7, 11) is 1.62. The Morgan fingerprint density at radius 1 is 1.35 bits per heavy atom. The van der Waals surface area contributed by atoms with Crippen molar-refractivity contribution in [2.75, 3.05) is 20.2 Å². The van der Waals surface area contributed by atoms with Crippen molar-refractivity contribution in [2.45, 2.75) is 38.5 Å². The van der Waals surface area contributed by atoms with E-state index in [1.54, 1.807) is 7.11 Å².